The van der Waals surface area contributed by atoms with E-state index in [0.717, 1.165) is 32.8 Å². The maximum absolute atomic E-state index is 5.50. The number of hydrogen-bond donors (Lipinski definition) is 0. The molecule has 0 N–H and O–H groups in total. The monoisotopic (exact) mass is 210 g/mol. The van der Waals surface area contributed by atoms with E-state index in [1.807, 2.05) is 30.3 Å². The van der Waals surface area contributed by atoms with Gasteiger partial charge in [-0.1, -0.05) is 24.3 Å². The van der Waals surface area contributed by atoms with Crippen molar-refractivity contribution in [1.29, 1.82) is 0 Å². The van der Waals surface area contributed by atoms with Gasteiger partial charge in [0.05, 0.1) is 11.6 Å². The third kappa shape index (κ3) is 0.798. The molecule has 0 aliphatic rings. The molecular weight excluding hydrogens is 204 g/mol. The summed E-state index contributed by atoms with van der Waals surface area (Å²) < 4.78 is 10.3. The first-order valence-corrected chi connectivity index (χ1v) is 4.95. The van der Waals surface area contributed by atoms with E-state index < -0.39 is 0 Å². The average Bonchev–Trinajstić information content (AvgIpc) is 2.98. The second-order valence-corrected chi connectivity index (χ2v) is 3.67. The van der Waals surface area contributed by atoms with Crippen molar-refractivity contribution in [2.75, 3.05) is 0 Å². The molecule has 2 heterocycles. The van der Waals surface area contributed by atoms with Crippen molar-refractivity contribution in [3.63, 3.8) is 0 Å². The van der Waals surface area contributed by atoms with Crippen LogP contribution in [0, 0.1) is 0 Å². The van der Waals surface area contributed by atoms with Gasteiger partial charge < -0.3 is 4.42 Å². The number of fused-ring (bicyclic) bond motifs is 6. The molecule has 0 fully saturated rings. The van der Waals surface area contributed by atoms with Crippen molar-refractivity contribution in [2.45, 2.75) is 0 Å². The van der Waals surface area contributed by atoms with Crippen LogP contribution in [-0.2, 0) is 0 Å². The van der Waals surface area contributed by atoms with Crippen LogP contribution in [0.3, 0.4) is 0 Å². The zero-order chi connectivity index (χ0) is 10.5. The predicted molar refractivity (Wildman–Crippen MR) is 59.1 cm³/mol. The highest BCUT2D eigenvalue weighted by atomic mass is 16.6. The number of furan rings is 1. The molecule has 0 radical (unpaired) electrons. The van der Waals surface area contributed by atoms with Gasteiger partial charge in [0.15, 0.2) is 0 Å². The van der Waals surface area contributed by atoms with E-state index >= 15 is 0 Å². The lowest BCUT2D eigenvalue weighted by Gasteiger charge is -1.97. The summed E-state index contributed by atoms with van der Waals surface area (Å²) in [5.41, 5.74) is 2.37. The number of hydrogen-bond acceptors (Lipinski definition) is 4. The lowest BCUT2D eigenvalue weighted by Crippen LogP contribution is -1.77. The van der Waals surface area contributed by atoms with Crippen molar-refractivity contribution >= 4 is 32.8 Å². The number of aromatic nitrogens is 2. The van der Waals surface area contributed by atoms with Crippen LogP contribution in [0.4, 0.5) is 0 Å². The SMILES string of the molecule is c1ccc2c(c1)c1nonc1c1ccoc21. The van der Waals surface area contributed by atoms with E-state index in [4.69, 9.17) is 9.05 Å². The van der Waals surface area contributed by atoms with Gasteiger partial charge in [0.1, 0.15) is 16.6 Å². The highest BCUT2D eigenvalue weighted by molar-refractivity contribution is 6.20. The molecule has 4 heteroatoms. The molecular formula is C12H6N2O2. The van der Waals surface area contributed by atoms with E-state index in [1.165, 1.54) is 0 Å². The van der Waals surface area contributed by atoms with Crippen LogP contribution < -0.4 is 0 Å². The summed E-state index contributed by atoms with van der Waals surface area (Å²) in [5.74, 6) is 0. The van der Waals surface area contributed by atoms with Gasteiger partial charge >= 0.3 is 0 Å². The van der Waals surface area contributed by atoms with Gasteiger partial charge in [-0.25, -0.2) is 4.63 Å². The summed E-state index contributed by atoms with van der Waals surface area (Å²) in [5, 5.41) is 10.8. The molecule has 76 valence electrons. The molecule has 0 saturated carbocycles. The third-order valence-electron chi connectivity index (χ3n) is 2.84. The summed E-state index contributed by atoms with van der Waals surface area (Å²) in [6, 6.07) is 9.82. The maximum Gasteiger partial charge on any atom is 0.146 e. The van der Waals surface area contributed by atoms with E-state index in [0.29, 0.717) is 0 Å². The molecule has 2 aromatic heterocycles. The molecule has 0 spiro atoms. The Morgan fingerprint density at radius 2 is 1.56 bits per heavy atom. The highest BCUT2D eigenvalue weighted by Gasteiger charge is 2.14. The van der Waals surface area contributed by atoms with Crippen molar-refractivity contribution < 1.29 is 9.05 Å². The molecule has 0 amide bonds. The summed E-state index contributed by atoms with van der Waals surface area (Å²) >= 11 is 0. The van der Waals surface area contributed by atoms with Crippen LogP contribution >= 0.6 is 0 Å². The first-order chi connectivity index (χ1) is 7.95. The van der Waals surface area contributed by atoms with Crippen molar-refractivity contribution in [3.05, 3.63) is 36.6 Å². The first-order valence-electron chi connectivity index (χ1n) is 4.95. The molecule has 0 aliphatic heterocycles. The van der Waals surface area contributed by atoms with Crippen molar-refractivity contribution in [1.82, 2.24) is 10.3 Å². The minimum atomic E-state index is 0.752. The molecule has 4 aromatic rings. The molecule has 0 atom stereocenters. The topological polar surface area (TPSA) is 52.1 Å². The summed E-state index contributed by atoms with van der Waals surface area (Å²) in [6.45, 7) is 0. The lowest BCUT2D eigenvalue weighted by molar-refractivity contribution is 0.316. The number of benzene rings is 2. The Balaban J connectivity index is 2.51. The van der Waals surface area contributed by atoms with Crippen LogP contribution in [-0.4, -0.2) is 10.3 Å². The fourth-order valence-electron chi connectivity index (χ4n) is 2.13. The predicted octanol–water partition coefficient (Wildman–Crippen LogP) is 3.12. The molecule has 0 saturated heterocycles. The number of nitrogens with zero attached hydrogens (tertiary/aromatic N) is 2. The Kier molecular flexibility index (Phi) is 1.28. The van der Waals surface area contributed by atoms with Gasteiger partial charge in [-0.3, -0.25) is 0 Å². The Labute approximate surface area is 89.4 Å². The van der Waals surface area contributed by atoms with Gasteiger partial charge in [-0.2, -0.15) is 0 Å². The van der Waals surface area contributed by atoms with Crippen LogP contribution in [0.2, 0.25) is 0 Å². The second kappa shape index (κ2) is 2.61. The second-order valence-electron chi connectivity index (χ2n) is 3.67. The van der Waals surface area contributed by atoms with E-state index in [2.05, 4.69) is 10.3 Å². The fraction of sp³-hybridized carbons (Fsp3) is 0. The molecule has 4 nitrogen and oxygen atoms in total. The van der Waals surface area contributed by atoms with Crippen molar-refractivity contribution in [2.24, 2.45) is 0 Å². The first kappa shape index (κ1) is 7.87. The number of rotatable bonds is 0. The van der Waals surface area contributed by atoms with Gasteiger partial charge in [0.25, 0.3) is 0 Å². The third-order valence-corrected chi connectivity index (χ3v) is 2.84. The maximum atomic E-state index is 5.50. The summed E-state index contributed by atoms with van der Waals surface area (Å²) in [4.78, 5) is 0. The summed E-state index contributed by atoms with van der Waals surface area (Å²) in [6.07, 6.45) is 1.66. The average molecular weight is 210 g/mol. The molecule has 4 rings (SSSR count). The van der Waals surface area contributed by atoms with Crippen LogP contribution in [0.5, 0.6) is 0 Å². The van der Waals surface area contributed by atoms with E-state index in [1.54, 1.807) is 6.26 Å². The normalized spacial score (nSPS) is 11.8. The van der Waals surface area contributed by atoms with Crippen LogP contribution in [0.15, 0.2) is 45.6 Å². The molecule has 0 bridgehead atoms. The Hall–Kier alpha value is -2.36. The quantitative estimate of drug-likeness (QED) is 0.447. The minimum Gasteiger partial charge on any atom is -0.464 e. The zero-order valence-electron chi connectivity index (χ0n) is 8.18. The highest BCUT2D eigenvalue weighted by Crippen LogP contribution is 2.33. The molecule has 0 aliphatic carbocycles. The Morgan fingerprint density at radius 1 is 0.812 bits per heavy atom. The van der Waals surface area contributed by atoms with Gasteiger partial charge in [-0.15, -0.1) is 0 Å². The standard InChI is InChI=1S/C12H6N2O2/c1-2-4-8-7(3-1)10-11(14-16-13-10)9-5-6-15-12(8)9/h1-6H. The largest absolute Gasteiger partial charge is 0.464 e. The van der Waals surface area contributed by atoms with Crippen molar-refractivity contribution in [3.8, 4) is 0 Å². The lowest BCUT2D eigenvalue weighted by atomic mass is 10.1. The molecule has 2 aromatic carbocycles. The van der Waals surface area contributed by atoms with Crippen LogP contribution in [0.25, 0.3) is 32.8 Å². The molecule has 0 unspecified atom stereocenters. The zero-order valence-corrected chi connectivity index (χ0v) is 8.18. The summed E-state index contributed by atoms with van der Waals surface area (Å²) in [7, 11) is 0. The van der Waals surface area contributed by atoms with E-state index in [-0.39, 0.29) is 0 Å². The van der Waals surface area contributed by atoms with Gasteiger partial charge in [-0.05, 0) is 16.4 Å². The minimum absolute atomic E-state index is 0.752. The van der Waals surface area contributed by atoms with Gasteiger partial charge in [0.2, 0.25) is 0 Å². The van der Waals surface area contributed by atoms with E-state index in [9.17, 15) is 0 Å². The smallest absolute Gasteiger partial charge is 0.146 e. The van der Waals surface area contributed by atoms with Crippen LogP contribution in [0.1, 0.15) is 0 Å². The fourth-order valence-corrected chi connectivity index (χ4v) is 2.13. The Morgan fingerprint density at radius 3 is 2.44 bits per heavy atom. The Bertz CT molecular complexity index is 744. The van der Waals surface area contributed by atoms with Gasteiger partial charge in [0, 0.05) is 10.8 Å². The molecule has 16 heavy (non-hydrogen) atoms.